The minimum atomic E-state index is -0.524. The molecule has 0 unspecified atom stereocenters. The Balaban J connectivity index is 2.10. The van der Waals surface area contributed by atoms with Crippen LogP contribution in [0.2, 0.25) is 0 Å². The van der Waals surface area contributed by atoms with Crippen LogP contribution < -0.4 is 0 Å². The number of para-hydroxylation sites is 1. The molecule has 0 N–H and O–H groups in total. The number of nitro groups is 1. The summed E-state index contributed by atoms with van der Waals surface area (Å²) in [5.74, 6) is -0.177. The lowest BCUT2D eigenvalue weighted by Gasteiger charge is -1.86. The topological polar surface area (TPSA) is 73.8 Å². The van der Waals surface area contributed by atoms with Gasteiger partial charge in [0.2, 0.25) is 5.13 Å². The van der Waals surface area contributed by atoms with Crippen molar-refractivity contribution < 1.29 is 4.92 Å². The standard InChI is InChI=1S/C10H6N4O2S/c15-14(16)9-5-6-13(12-9)10-11-7-3-1-2-4-8(7)17-10/h1-6H. The van der Waals surface area contributed by atoms with Gasteiger partial charge in [-0.15, -0.1) is 4.68 Å². The SMILES string of the molecule is O=[N+]([O-])c1ccn(-c2nc3ccccc3s2)n1. The van der Waals surface area contributed by atoms with Gasteiger partial charge in [-0.25, -0.2) is 4.98 Å². The first kappa shape index (κ1) is 9.91. The van der Waals surface area contributed by atoms with Gasteiger partial charge in [0.15, 0.2) is 0 Å². The van der Waals surface area contributed by atoms with Crippen molar-refractivity contribution in [3.8, 4) is 5.13 Å². The zero-order valence-corrected chi connectivity index (χ0v) is 9.29. The van der Waals surface area contributed by atoms with Gasteiger partial charge in [0, 0.05) is 0 Å². The number of thiazole rings is 1. The van der Waals surface area contributed by atoms with Gasteiger partial charge in [-0.2, -0.15) is 0 Å². The summed E-state index contributed by atoms with van der Waals surface area (Å²) in [6.45, 7) is 0. The number of rotatable bonds is 2. The molecule has 0 radical (unpaired) electrons. The molecule has 0 saturated carbocycles. The fraction of sp³-hybridized carbons (Fsp3) is 0. The van der Waals surface area contributed by atoms with E-state index in [1.54, 1.807) is 0 Å². The van der Waals surface area contributed by atoms with Gasteiger partial charge in [-0.1, -0.05) is 23.5 Å². The summed E-state index contributed by atoms with van der Waals surface area (Å²) in [6.07, 6.45) is 1.54. The highest BCUT2D eigenvalue weighted by molar-refractivity contribution is 7.20. The van der Waals surface area contributed by atoms with Crippen LogP contribution in [0.15, 0.2) is 36.5 Å². The maximum atomic E-state index is 10.5. The maximum Gasteiger partial charge on any atom is 0.390 e. The Hall–Kier alpha value is -2.28. The van der Waals surface area contributed by atoms with Crippen molar-refractivity contribution >= 4 is 27.4 Å². The van der Waals surface area contributed by atoms with E-state index in [2.05, 4.69) is 10.1 Å². The predicted molar refractivity (Wildman–Crippen MR) is 63.4 cm³/mol. The number of hydrogen-bond donors (Lipinski definition) is 0. The molecule has 2 aromatic heterocycles. The quantitative estimate of drug-likeness (QED) is 0.514. The molecule has 0 spiro atoms. The van der Waals surface area contributed by atoms with Gasteiger partial charge in [0.05, 0.1) is 27.6 Å². The number of fused-ring (bicyclic) bond motifs is 1. The van der Waals surface area contributed by atoms with E-state index in [0.717, 1.165) is 10.2 Å². The van der Waals surface area contributed by atoms with Crippen molar-refractivity contribution in [3.63, 3.8) is 0 Å². The smallest absolute Gasteiger partial charge is 0.358 e. The van der Waals surface area contributed by atoms with Gasteiger partial charge >= 0.3 is 5.82 Å². The fourth-order valence-electron chi connectivity index (χ4n) is 1.48. The molecule has 84 valence electrons. The molecule has 3 aromatic rings. The first-order chi connectivity index (χ1) is 8.24. The van der Waals surface area contributed by atoms with Crippen LogP contribution in [0.4, 0.5) is 5.82 Å². The monoisotopic (exact) mass is 246 g/mol. The summed E-state index contributed by atoms with van der Waals surface area (Å²) in [5, 5.41) is 15.0. The van der Waals surface area contributed by atoms with E-state index in [-0.39, 0.29) is 5.82 Å². The van der Waals surface area contributed by atoms with Crippen LogP contribution in [0.3, 0.4) is 0 Å². The minimum absolute atomic E-state index is 0.177. The van der Waals surface area contributed by atoms with Crippen LogP contribution in [-0.4, -0.2) is 19.7 Å². The molecule has 1 aromatic carbocycles. The van der Waals surface area contributed by atoms with Gasteiger partial charge in [-0.05, 0) is 17.1 Å². The Morgan fingerprint density at radius 1 is 1.29 bits per heavy atom. The summed E-state index contributed by atoms with van der Waals surface area (Å²) in [6, 6.07) is 9.03. The Bertz CT molecular complexity index is 670. The van der Waals surface area contributed by atoms with Crippen LogP contribution in [0, 0.1) is 10.1 Å². The highest BCUT2D eigenvalue weighted by Crippen LogP contribution is 2.24. The van der Waals surface area contributed by atoms with E-state index in [9.17, 15) is 10.1 Å². The number of hydrogen-bond acceptors (Lipinski definition) is 5. The summed E-state index contributed by atoms with van der Waals surface area (Å²) in [5.41, 5.74) is 0.866. The van der Waals surface area contributed by atoms with Gasteiger partial charge in [0.25, 0.3) is 0 Å². The molecule has 0 aliphatic carbocycles. The summed E-state index contributed by atoms with van der Waals surface area (Å²) in [4.78, 5) is 14.4. The lowest BCUT2D eigenvalue weighted by Crippen LogP contribution is -1.95. The van der Waals surface area contributed by atoms with Gasteiger partial charge in [-0.3, -0.25) is 0 Å². The highest BCUT2D eigenvalue weighted by Gasteiger charge is 2.14. The second kappa shape index (κ2) is 3.63. The molecule has 0 aliphatic heterocycles. The molecule has 6 nitrogen and oxygen atoms in total. The lowest BCUT2D eigenvalue weighted by molar-refractivity contribution is -0.389. The Morgan fingerprint density at radius 2 is 2.12 bits per heavy atom. The third-order valence-electron chi connectivity index (χ3n) is 2.24. The van der Waals surface area contributed by atoms with Crippen molar-refractivity contribution in [3.05, 3.63) is 46.6 Å². The third-order valence-corrected chi connectivity index (χ3v) is 3.27. The molecule has 17 heavy (non-hydrogen) atoms. The van der Waals surface area contributed by atoms with Crippen molar-refractivity contribution in [1.82, 2.24) is 14.8 Å². The average molecular weight is 246 g/mol. The molecule has 0 saturated heterocycles. The van der Waals surface area contributed by atoms with E-state index in [1.165, 1.54) is 28.3 Å². The Kier molecular flexibility index (Phi) is 2.12. The summed E-state index contributed by atoms with van der Waals surface area (Å²) < 4.78 is 2.45. The number of benzene rings is 1. The molecule has 0 amide bonds. The highest BCUT2D eigenvalue weighted by atomic mass is 32.1. The molecule has 7 heteroatoms. The molecule has 0 atom stereocenters. The largest absolute Gasteiger partial charge is 0.390 e. The Labute approximate surface area is 99.3 Å². The fourth-order valence-corrected chi connectivity index (χ4v) is 2.38. The Morgan fingerprint density at radius 3 is 2.82 bits per heavy atom. The normalized spacial score (nSPS) is 10.8. The second-order valence-electron chi connectivity index (χ2n) is 3.34. The van der Waals surface area contributed by atoms with E-state index in [1.807, 2.05) is 24.3 Å². The number of aromatic nitrogens is 3. The first-order valence-corrected chi connectivity index (χ1v) is 5.62. The van der Waals surface area contributed by atoms with Crippen molar-refractivity contribution in [1.29, 1.82) is 0 Å². The van der Waals surface area contributed by atoms with E-state index < -0.39 is 4.92 Å². The zero-order valence-electron chi connectivity index (χ0n) is 8.48. The van der Waals surface area contributed by atoms with Crippen molar-refractivity contribution in [2.75, 3.05) is 0 Å². The molecule has 3 rings (SSSR count). The lowest BCUT2D eigenvalue weighted by atomic mass is 10.3. The third kappa shape index (κ3) is 1.66. The molecule has 0 aliphatic rings. The molecular weight excluding hydrogens is 240 g/mol. The zero-order chi connectivity index (χ0) is 11.8. The minimum Gasteiger partial charge on any atom is -0.358 e. The molecule has 0 bridgehead atoms. The van der Waals surface area contributed by atoms with E-state index >= 15 is 0 Å². The maximum absolute atomic E-state index is 10.5. The van der Waals surface area contributed by atoms with E-state index in [0.29, 0.717) is 5.13 Å². The first-order valence-electron chi connectivity index (χ1n) is 4.80. The van der Waals surface area contributed by atoms with Gasteiger partial charge in [0.1, 0.15) is 0 Å². The molecular formula is C10H6N4O2S. The number of nitrogens with zero attached hydrogens (tertiary/aromatic N) is 4. The molecule has 2 heterocycles. The van der Waals surface area contributed by atoms with Gasteiger partial charge < -0.3 is 10.1 Å². The van der Waals surface area contributed by atoms with E-state index in [4.69, 9.17) is 0 Å². The molecule has 0 fully saturated rings. The summed E-state index contributed by atoms with van der Waals surface area (Å²) in [7, 11) is 0. The van der Waals surface area contributed by atoms with Crippen LogP contribution in [-0.2, 0) is 0 Å². The van der Waals surface area contributed by atoms with Crippen LogP contribution >= 0.6 is 11.3 Å². The summed E-state index contributed by atoms with van der Waals surface area (Å²) >= 11 is 1.44. The second-order valence-corrected chi connectivity index (χ2v) is 4.35. The van der Waals surface area contributed by atoms with Crippen LogP contribution in [0.1, 0.15) is 0 Å². The predicted octanol–water partition coefficient (Wildman–Crippen LogP) is 2.39. The van der Waals surface area contributed by atoms with Crippen LogP contribution in [0.25, 0.3) is 15.3 Å². The van der Waals surface area contributed by atoms with Crippen molar-refractivity contribution in [2.24, 2.45) is 0 Å². The van der Waals surface area contributed by atoms with Crippen LogP contribution in [0.5, 0.6) is 0 Å². The average Bonchev–Trinajstić information content (AvgIpc) is 2.95. The van der Waals surface area contributed by atoms with Crippen molar-refractivity contribution in [2.45, 2.75) is 0 Å².